The zero-order valence-electron chi connectivity index (χ0n) is 11.5. The summed E-state index contributed by atoms with van der Waals surface area (Å²) in [5.74, 6) is 0. The van der Waals surface area contributed by atoms with Crippen molar-refractivity contribution in [3.63, 3.8) is 0 Å². The van der Waals surface area contributed by atoms with Gasteiger partial charge in [0.1, 0.15) is 0 Å². The number of hydrogen-bond donors (Lipinski definition) is 3. The van der Waals surface area contributed by atoms with Crippen LogP contribution in [0.3, 0.4) is 0 Å². The number of nitrogens with zero attached hydrogens (tertiary/aromatic N) is 1. The van der Waals surface area contributed by atoms with Crippen molar-refractivity contribution in [1.82, 2.24) is 10.2 Å². The van der Waals surface area contributed by atoms with Crippen LogP contribution in [0.5, 0.6) is 0 Å². The lowest BCUT2D eigenvalue weighted by Crippen LogP contribution is -2.48. The summed E-state index contributed by atoms with van der Waals surface area (Å²) in [6, 6.07) is 0. The molecule has 1 saturated heterocycles. The Balaban J connectivity index is 2.56. The average Bonchev–Trinajstić information content (AvgIpc) is 2.38. The van der Waals surface area contributed by atoms with Gasteiger partial charge >= 0.3 is 0 Å². The third-order valence-corrected chi connectivity index (χ3v) is 3.69. The van der Waals surface area contributed by atoms with Crippen LogP contribution in [0.15, 0.2) is 0 Å². The zero-order chi connectivity index (χ0) is 13.3. The Morgan fingerprint density at radius 2 is 1.78 bits per heavy atom. The molecule has 1 rings (SSSR count). The highest BCUT2D eigenvalue weighted by Gasteiger charge is 2.33. The monoisotopic (exact) mass is 260 g/mol. The molecule has 0 aliphatic carbocycles. The van der Waals surface area contributed by atoms with Crippen molar-refractivity contribution in [2.24, 2.45) is 5.41 Å². The second kappa shape index (κ2) is 8.82. The van der Waals surface area contributed by atoms with Crippen LogP contribution in [-0.4, -0.2) is 74.3 Å². The maximum Gasteiger partial charge on any atom is 0.0558 e. The molecular formula is C13H28N2O3. The van der Waals surface area contributed by atoms with Crippen molar-refractivity contribution in [3.05, 3.63) is 0 Å². The molecule has 5 nitrogen and oxygen atoms in total. The summed E-state index contributed by atoms with van der Waals surface area (Å²) in [4.78, 5) is 2.16. The predicted molar refractivity (Wildman–Crippen MR) is 71.6 cm³/mol. The van der Waals surface area contributed by atoms with Crippen LogP contribution in [0.4, 0.5) is 0 Å². The Bertz CT molecular complexity index is 202. The predicted octanol–water partition coefficient (Wildman–Crippen LogP) is -0.321. The van der Waals surface area contributed by atoms with Gasteiger partial charge in [0.2, 0.25) is 0 Å². The smallest absolute Gasteiger partial charge is 0.0558 e. The van der Waals surface area contributed by atoms with Crippen LogP contribution in [0.1, 0.15) is 19.8 Å². The van der Waals surface area contributed by atoms with Crippen LogP contribution in [0.25, 0.3) is 0 Å². The molecule has 0 aromatic carbocycles. The molecule has 0 amide bonds. The molecule has 0 radical (unpaired) electrons. The number of aliphatic hydroxyl groups excluding tert-OH is 2. The molecule has 5 heteroatoms. The Hall–Kier alpha value is -0.200. The Morgan fingerprint density at radius 3 is 2.28 bits per heavy atom. The van der Waals surface area contributed by atoms with E-state index in [1.54, 1.807) is 0 Å². The number of ether oxygens (including phenoxy) is 1. The number of aliphatic hydroxyl groups is 2. The van der Waals surface area contributed by atoms with Crippen LogP contribution in [0, 0.1) is 5.41 Å². The number of hydrogen-bond acceptors (Lipinski definition) is 5. The molecule has 18 heavy (non-hydrogen) atoms. The summed E-state index contributed by atoms with van der Waals surface area (Å²) in [6.07, 6.45) is 2.10. The summed E-state index contributed by atoms with van der Waals surface area (Å²) >= 11 is 0. The van der Waals surface area contributed by atoms with Crippen molar-refractivity contribution in [1.29, 1.82) is 0 Å². The first-order valence-corrected chi connectivity index (χ1v) is 6.99. The van der Waals surface area contributed by atoms with Gasteiger partial charge in [-0.2, -0.15) is 0 Å². The van der Waals surface area contributed by atoms with Gasteiger partial charge in [-0.15, -0.1) is 0 Å². The molecule has 0 unspecified atom stereocenters. The topological polar surface area (TPSA) is 65.0 Å². The number of nitrogens with one attached hydrogen (secondary N) is 1. The average molecular weight is 260 g/mol. The lowest BCUT2D eigenvalue weighted by molar-refractivity contribution is -0.00849. The number of rotatable bonds is 9. The second-order valence-corrected chi connectivity index (χ2v) is 5.12. The van der Waals surface area contributed by atoms with Crippen LogP contribution >= 0.6 is 0 Å². The third kappa shape index (κ3) is 5.20. The molecule has 1 aliphatic heterocycles. The van der Waals surface area contributed by atoms with E-state index < -0.39 is 0 Å². The van der Waals surface area contributed by atoms with Crippen molar-refractivity contribution in [3.8, 4) is 0 Å². The van der Waals surface area contributed by atoms with Gasteiger partial charge in [-0.25, -0.2) is 0 Å². The second-order valence-electron chi connectivity index (χ2n) is 5.12. The minimum Gasteiger partial charge on any atom is -0.395 e. The van der Waals surface area contributed by atoms with Crippen LogP contribution in [-0.2, 0) is 4.74 Å². The SMILES string of the molecule is CCNCC1(CN(CCO)CCO)CCOCC1. The van der Waals surface area contributed by atoms with Gasteiger partial charge in [0, 0.05) is 39.4 Å². The van der Waals surface area contributed by atoms with Crippen molar-refractivity contribution in [2.45, 2.75) is 19.8 Å². The fourth-order valence-corrected chi connectivity index (χ4v) is 2.61. The van der Waals surface area contributed by atoms with Crippen molar-refractivity contribution >= 4 is 0 Å². The molecule has 0 atom stereocenters. The van der Waals surface area contributed by atoms with E-state index in [-0.39, 0.29) is 18.6 Å². The first kappa shape index (κ1) is 15.9. The maximum atomic E-state index is 9.09. The summed E-state index contributed by atoms with van der Waals surface area (Å²) in [5, 5.41) is 21.6. The van der Waals surface area contributed by atoms with Gasteiger partial charge in [0.15, 0.2) is 0 Å². The van der Waals surface area contributed by atoms with Gasteiger partial charge in [-0.1, -0.05) is 6.92 Å². The van der Waals surface area contributed by atoms with E-state index in [4.69, 9.17) is 14.9 Å². The molecule has 3 N–H and O–H groups in total. The van der Waals surface area contributed by atoms with E-state index >= 15 is 0 Å². The maximum absolute atomic E-state index is 9.09. The molecule has 1 aliphatic rings. The fraction of sp³-hybridized carbons (Fsp3) is 1.00. The molecule has 108 valence electrons. The fourth-order valence-electron chi connectivity index (χ4n) is 2.61. The molecule has 0 saturated carbocycles. The van der Waals surface area contributed by atoms with Gasteiger partial charge in [-0.05, 0) is 24.8 Å². The minimum absolute atomic E-state index is 0.147. The van der Waals surface area contributed by atoms with Crippen LogP contribution in [0.2, 0.25) is 0 Å². The largest absolute Gasteiger partial charge is 0.395 e. The quantitative estimate of drug-likeness (QED) is 0.530. The lowest BCUT2D eigenvalue weighted by Gasteiger charge is -2.41. The highest BCUT2D eigenvalue weighted by molar-refractivity contribution is 4.87. The van der Waals surface area contributed by atoms with E-state index in [1.807, 2.05) is 0 Å². The summed E-state index contributed by atoms with van der Waals surface area (Å²) in [7, 11) is 0. The van der Waals surface area contributed by atoms with Crippen LogP contribution < -0.4 is 5.32 Å². The molecule has 0 spiro atoms. The molecule has 0 aromatic rings. The Labute approximate surface area is 110 Å². The van der Waals surface area contributed by atoms with Crippen molar-refractivity contribution < 1.29 is 14.9 Å². The van der Waals surface area contributed by atoms with E-state index in [0.29, 0.717) is 13.1 Å². The molecule has 1 fully saturated rings. The highest BCUT2D eigenvalue weighted by atomic mass is 16.5. The molecule has 0 bridgehead atoms. The molecule has 0 aromatic heterocycles. The molecular weight excluding hydrogens is 232 g/mol. The normalized spacial score (nSPS) is 19.3. The van der Waals surface area contributed by atoms with E-state index in [9.17, 15) is 0 Å². The minimum atomic E-state index is 0.147. The lowest BCUT2D eigenvalue weighted by atomic mass is 9.79. The van der Waals surface area contributed by atoms with E-state index in [0.717, 1.165) is 45.7 Å². The van der Waals surface area contributed by atoms with Gasteiger partial charge in [0.25, 0.3) is 0 Å². The van der Waals surface area contributed by atoms with Gasteiger partial charge in [0.05, 0.1) is 13.2 Å². The Kier molecular flexibility index (Phi) is 7.77. The first-order valence-electron chi connectivity index (χ1n) is 6.99. The summed E-state index contributed by atoms with van der Waals surface area (Å²) < 4.78 is 5.46. The standard InChI is InChI=1S/C13H28N2O3/c1-2-14-11-13(3-9-18-10-4-13)12-15(5-7-16)6-8-17/h14,16-17H,2-12H2,1H3. The highest BCUT2D eigenvalue weighted by Crippen LogP contribution is 2.30. The van der Waals surface area contributed by atoms with Crippen molar-refractivity contribution in [2.75, 3.05) is 59.2 Å². The van der Waals surface area contributed by atoms with Gasteiger partial charge in [-0.3, -0.25) is 4.90 Å². The third-order valence-electron chi connectivity index (χ3n) is 3.69. The zero-order valence-corrected chi connectivity index (χ0v) is 11.5. The summed E-state index contributed by atoms with van der Waals surface area (Å²) in [5.41, 5.74) is 0.221. The Morgan fingerprint density at radius 1 is 1.17 bits per heavy atom. The first-order chi connectivity index (χ1) is 8.76. The molecule has 1 heterocycles. The van der Waals surface area contributed by atoms with E-state index in [2.05, 4.69) is 17.1 Å². The van der Waals surface area contributed by atoms with Gasteiger partial charge < -0.3 is 20.3 Å². The van der Waals surface area contributed by atoms with E-state index in [1.165, 1.54) is 0 Å². The summed E-state index contributed by atoms with van der Waals surface area (Å²) in [6.45, 7) is 8.20.